The summed E-state index contributed by atoms with van der Waals surface area (Å²) >= 11 is 9.51. The van der Waals surface area contributed by atoms with Gasteiger partial charge in [0.05, 0.1) is 21.9 Å². The van der Waals surface area contributed by atoms with E-state index in [0.717, 1.165) is 15.7 Å². The summed E-state index contributed by atoms with van der Waals surface area (Å²) in [5.74, 6) is 0.885. The maximum absolute atomic E-state index is 6.09. The molecule has 0 saturated carbocycles. The van der Waals surface area contributed by atoms with Crippen LogP contribution in [0.15, 0.2) is 16.9 Å². The zero-order valence-corrected chi connectivity index (χ0v) is 12.1. The Morgan fingerprint density at radius 3 is 2.59 bits per heavy atom. The van der Waals surface area contributed by atoms with E-state index in [9.17, 15) is 0 Å². The molecule has 0 aromatic carbocycles. The van der Waals surface area contributed by atoms with E-state index >= 15 is 0 Å². The smallest absolute Gasteiger partial charge is 0.164 e. The van der Waals surface area contributed by atoms with Crippen LogP contribution in [0.5, 0.6) is 0 Å². The summed E-state index contributed by atoms with van der Waals surface area (Å²) in [6, 6.07) is 0. The minimum atomic E-state index is 0.278. The number of aryl methyl sites for hydroxylation is 1. The molecule has 2 rings (SSSR count). The molecule has 0 unspecified atom stereocenters. The number of hydrogen-bond acceptors (Lipinski definition) is 3. The monoisotopic (exact) mass is 314 g/mol. The lowest BCUT2D eigenvalue weighted by Crippen LogP contribution is -2.00. The van der Waals surface area contributed by atoms with Crippen LogP contribution >= 0.6 is 27.5 Å². The summed E-state index contributed by atoms with van der Waals surface area (Å²) in [4.78, 5) is 8.77. The van der Waals surface area contributed by atoms with Crippen LogP contribution in [0.25, 0.3) is 11.4 Å². The van der Waals surface area contributed by atoms with Crippen molar-refractivity contribution >= 4 is 27.5 Å². The van der Waals surface area contributed by atoms with Crippen molar-refractivity contribution in [2.45, 2.75) is 19.8 Å². The van der Waals surface area contributed by atoms with Gasteiger partial charge in [-0.3, -0.25) is 4.68 Å². The summed E-state index contributed by atoms with van der Waals surface area (Å²) in [7, 11) is 1.85. The Kier molecular flexibility index (Phi) is 3.49. The van der Waals surface area contributed by atoms with Crippen molar-refractivity contribution < 1.29 is 0 Å². The largest absolute Gasteiger partial charge is 0.275 e. The van der Waals surface area contributed by atoms with E-state index in [2.05, 4.69) is 44.8 Å². The van der Waals surface area contributed by atoms with Gasteiger partial charge in [-0.15, -0.1) is 0 Å². The molecule has 6 heteroatoms. The molecule has 4 nitrogen and oxygen atoms in total. The van der Waals surface area contributed by atoms with Crippen LogP contribution in [0.2, 0.25) is 5.15 Å². The van der Waals surface area contributed by atoms with Gasteiger partial charge in [-0.2, -0.15) is 5.10 Å². The third kappa shape index (κ3) is 2.50. The van der Waals surface area contributed by atoms with E-state index in [0.29, 0.717) is 11.0 Å². The first-order valence-corrected chi connectivity index (χ1v) is 6.38. The molecule has 0 aliphatic carbocycles. The molecule has 0 saturated heterocycles. The molecule has 0 aliphatic rings. The second-order valence-corrected chi connectivity index (χ2v) is 5.25. The van der Waals surface area contributed by atoms with E-state index < -0.39 is 0 Å². The number of halogens is 2. The molecule has 2 heterocycles. The number of nitrogens with zero attached hydrogens (tertiary/aromatic N) is 4. The lowest BCUT2D eigenvalue weighted by atomic mass is 10.1. The van der Waals surface area contributed by atoms with E-state index in [4.69, 9.17) is 11.6 Å². The average Bonchev–Trinajstić information content (AvgIpc) is 2.68. The highest BCUT2D eigenvalue weighted by molar-refractivity contribution is 9.10. The molecule has 0 atom stereocenters. The fraction of sp³-hybridized carbons (Fsp3) is 0.364. The van der Waals surface area contributed by atoms with Gasteiger partial charge in [0.1, 0.15) is 5.15 Å². The summed E-state index contributed by atoms with van der Waals surface area (Å²) in [5.41, 5.74) is 1.77. The Bertz CT molecular complexity index is 550. The predicted molar refractivity (Wildman–Crippen MR) is 71.0 cm³/mol. The van der Waals surface area contributed by atoms with Gasteiger partial charge < -0.3 is 0 Å². The van der Waals surface area contributed by atoms with E-state index in [1.807, 2.05) is 13.2 Å². The van der Waals surface area contributed by atoms with Crippen LogP contribution in [0.1, 0.15) is 25.5 Å². The first-order chi connectivity index (χ1) is 7.99. The Morgan fingerprint density at radius 1 is 1.35 bits per heavy atom. The van der Waals surface area contributed by atoms with Crippen LogP contribution in [0, 0.1) is 0 Å². The predicted octanol–water partition coefficient (Wildman–Crippen LogP) is 3.42. The molecule has 0 fully saturated rings. The van der Waals surface area contributed by atoms with Crippen molar-refractivity contribution in [1.29, 1.82) is 0 Å². The molecule has 2 aromatic rings. The topological polar surface area (TPSA) is 43.6 Å². The van der Waals surface area contributed by atoms with Gasteiger partial charge in [0.15, 0.2) is 5.82 Å². The van der Waals surface area contributed by atoms with Crippen molar-refractivity contribution in [1.82, 2.24) is 19.7 Å². The van der Waals surface area contributed by atoms with E-state index in [1.54, 1.807) is 10.9 Å². The second-order valence-electron chi connectivity index (χ2n) is 4.09. The molecule has 17 heavy (non-hydrogen) atoms. The van der Waals surface area contributed by atoms with Crippen LogP contribution in [-0.4, -0.2) is 19.7 Å². The molecule has 0 amide bonds. The lowest BCUT2D eigenvalue weighted by molar-refractivity contribution is 0.767. The minimum absolute atomic E-state index is 0.278. The standard InChI is InChI=1S/C11H12BrClN4/c1-6(2)9-8(12)10(13)16-11(15-9)7-4-14-17(3)5-7/h4-6H,1-3H3. The third-order valence-corrected chi connectivity index (χ3v) is 3.63. The molecule has 0 spiro atoms. The van der Waals surface area contributed by atoms with Gasteiger partial charge in [0.2, 0.25) is 0 Å². The van der Waals surface area contributed by atoms with Crippen molar-refractivity contribution in [3.63, 3.8) is 0 Å². The van der Waals surface area contributed by atoms with Crippen LogP contribution in [0.3, 0.4) is 0 Å². The molecule has 0 N–H and O–H groups in total. The molecule has 90 valence electrons. The zero-order valence-electron chi connectivity index (χ0n) is 9.78. The van der Waals surface area contributed by atoms with Crippen molar-refractivity contribution in [2.24, 2.45) is 7.05 Å². The average molecular weight is 316 g/mol. The SMILES string of the molecule is CC(C)c1nc(-c2cnn(C)c2)nc(Cl)c1Br. The van der Waals surface area contributed by atoms with Crippen molar-refractivity contribution in [2.75, 3.05) is 0 Å². The highest BCUT2D eigenvalue weighted by Crippen LogP contribution is 2.30. The molecular weight excluding hydrogens is 304 g/mol. The fourth-order valence-electron chi connectivity index (χ4n) is 1.48. The Balaban J connectivity index is 2.56. The van der Waals surface area contributed by atoms with Gasteiger partial charge in [-0.1, -0.05) is 25.4 Å². The first-order valence-electron chi connectivity index (χ1n) is 5.21. The molecule has 0 radical (unpaired) electrons. The van der Waals surface area contributed by atoms with Gasteiger partial charge >= 0.3 is 0 Å². The first kappa shape index (κ1) is 12.5. The van der Waals surface area contributed by atoms with E-state index in [-0.39, 0.29) is 5.92 Å². The van der Waals surface area contributed by atoms with E-state index in [1.165, 1.54) is 0 Å². The Labute approximate surface area is 113 Å². The molecule has 0 bridgehead atoms. The summed E-state index contributed by atoms with van der Waals surface area (Å²) in [6.45, 7) is 4.13. The summed E-state index contributed by atoms with van der Waals surface area (Å²) in [6.07, 6.45) is 3.59. The summed E-state index contributed by atoms with van der Waals surface area (Å²) < 4.78 is 2.48. The van der Waals surface area contributed by atoms with Gasteiger partial charge in [-0.25, -0.2) is 9.97 Å². The number of hydrogen-bond donors (Lipinski definition) is 0. The normalized spacial score (nSPS) is 11.2. The molecule has 2 aromatic heterocycles. The highest BCUT2D eigenvalue weighted by atomic mass is 79.9. The maximum Gasteiger partial charge on any atom is 0.164 e. The number of aromatic nitrogens is 4. The van der Waals surface area contributed by atoms with Crippen LogP contribution < -0.4 is 0 Å². The number of rotatable bonds is 2. The Morgan fingerprint density at radius 2 is 2.06 bits per heavy atom. The van der Waals surface area contributed by atoms with Gasteiger partial charge in [0.25, 0.3) is 0 Å². The van der Waals surface area contributed by atoms with Crippen LogP contribution in [-0.2, 0) is 7.05 Å². The third-order valence-electron chi connectivity index (χ3n) is 2.35. The lowest BCUT2D eigenvalue weighted by Gasteiger charge is -2.09. The van der Waals surface area contributed by atoms with Gasteiger partial charge in [0, 0.05) is 13.2 Å². The Hall–Kier alpha value is -0.940. The van der Waals surface area contributed by atoms with Crippen molar-refractivity contribution in [3.8, 4) is 11.4 Å². The molecule has 0 aliphatic heterocycles. The quantitative estimate of drug-likeness (QED) is 0.798. The van der Waals surface area contributed by atoms with Gasteiger partial charge in [-0.05, 0) is 21.8 Å². The fourth-order valence-corrected chi connectivity index (χ4v) is 2.30. The van der Waals surface area contributed by atoms with Crippen molar-refractivity contribution in [3.05, 3.63) is 27.7 Å². The van der Waals surface area contributed by atoms with Crippen LogP contribution in [0.4, 0.5) is 0 Å². The zero-order chi connectivity index (χ0) is 12.6. The molecular formula is C11H12BrClN4. The second kappa shape index (κ2) is 4.74. The highest BCUT2D eigenvalue weighted by Gasteiger charge is 2.15. The minimum Gasteiger partial charge on any atom is -0.275 e. The summed E-state index contributed by atoms with van der Waals surface area (Å²) in [5, 5.41) is 4.53. The maximum atomic E-state index is 6.09.